The van der Waals surface area contributed by atoms with Crippen molar-refractivity contribution in [1.82, 2.24) is 15.1 Å². The molecule has 0 saturated carbocycles. The van der Waals surface area contributed by atoms with E-state index in [2.05, 4.69) is 20.1 Å². The summed E-state index contributed by atoms with van der Waals surface area (Å²) < 4.78 is 0. The predicted octanol–water partition coefficient (Wildman–Crippen LogP) is 2.98. The van der Waals surface area contributed by atoms with Gasteiger partial charge in [0.2, 0.25) is 0 Å². The number of aliphatic hydroxyl groups is 1. The minimum Gasteiger partial charge on any atom is -0.387 e. The fourth-order valence-corrected chi connectivity index (χ4v) is 3.95. The first-order valence-electron chi connectivity index (χ1n) is 9.27. The fraction of sp³-hybridized carbons (Fsp3) is 0.632. The van der Waals surface area contributed by atoms with Crippen molar-refractivity contribution in [2.45, 2.75) is 25.4 Å². The van der Waals surface area contributed by atoms with E-state index in [1.54, 1.807) is 12.1 Å². The van der Waals surface area contributed by atoms with Gasteiger partial charge in [-0.05, 0) is 56.0 Å². The van der Waals surface area contributed by atoms with Crippen molar-refractivity contribution in [3.05, 3.63) is 34.9 Å². The highest BCUT2D eigenvalue weighted by Gasteiger charge is 2.27. The molecule has 2 heterocycles. The first-order valence-corrected chi connectivity index (χ1v) is 9.65. The molecule has 5 nitrogen and oxygen atoms in total. The van der Waals surface area contributed by atoms with Gasteiger partial charge in [-0.15, -0.1) is 24.0 Å². The number of nitrogens with zero attached hydrogens (tertiary/aromatic N) is 3. The Morgan fingerprint density at radius 1 is 1.27 bits per heavy atom. The quantitative estimate of drug-likeness (QED) is 0.377. The number of nitrogens with one attached hydrogen (secondary N) is 1. The van der Waals surface area contributed by atoms with Crippen molar-refractivity contribution in [1.29, 1.82) is 0 Å². The van der Waals surface area contributed by atoms with Crippen LogP contribution in [-0.2, 0) is 0 Å². The maximum atomic E-state index is 10.4. The number of hydrogen-bond donors (Lipinski definition) is 2. The van der Waals surface area contributed by atoms with Crippen LogP contribution < -0.4 is 5.32 Å². The number of aliphatic hydroxyl groups excluding tert-OH is 1. The lowest BCUT2D eigenvalue weighted by Gasteiger charge is -2.24. The Morgan fingerprint density at radius 3 is 2.62 bits per heavy atom. The molecule has 3 rings (SSSR count). The van der Waals surface area contributed by atoms with Crippen molar-refractivity contribution in [2.24, 2.45) is 10.9 Å². The molecule has 2 saturated heterocycles. The van der Waals surface area contributed by atoms with E-state index < -0.39 is 6.10 Å². The van der Waals surface area contributed by atoms with Crippen molar-refractivity contribution in [3.8, 4) is 0 Å². The van der Waals surface area contributed by atoms with Gasteiger partial charge in [-0.25, -0.2) is 0 Å². The zero-order valence-electron chi connectivity index (χ0n) is 15.4. The smallest absolute Gasteiger partial charge is 0.193 e. The maximum Gasteiger partial charge on any atom is 0.193 e. The molecule has 2 unspecified atom stereocenters. The predicted molar refractivity (Wildman–Crippen MR) is 119 cm³/mol. The van der Waals surface area contributed by atoms with Gasteiger partial charge in [-0.3, -0.25) is 4.99 Å². The van der Waals surface area contributed by atoms with E-state index in [0.717, 1.165) is 30.5 Å². The third-order valence-electron chi connectivity index (χ3n) is 5.22. The first kappa shape index (κ1) is 21.7. The fourth-order valence-electron chi connectivity index (χ4n) is 3.83. The Labute approximate surface area is 178 Å². The number of rotatable bonds is 5. The molecular weight excluding hydrogens is 463 g/mol. The van der Waals surface area contributed by atoms with Gasteiger partial charge in [-0.1, -0.05) is 23.7 Å². The van der Waals surface area contributed by atoms with Crippen LogP contribution in [0.4, 0.5) is 0 Å². The Hall–Kier alpha value is -0.570. The molecule has 0 aliphatic carbocycles. The number of likely N-dealkylation sites (tertiary alicyclic amines) is 2. The molecule has 1 aromatic carbocycles. The molecule has 2 fully saturated rings. The summed E-state index contributed by atoms with van der Waals surface area (Å²) in [5, 5.41) is 14.4. The monoisotopic (exact) mass is 492 g/mol. The van der Waals surface area contributed by atoms with Gasteiger partial charge in [0, 0.05) is 38.2 Å². The average Bonchev–Trinajstić information content (AvgIpc) is 3.29. The summed E-state index contributed by atoms with van der Waals surface area (Å²) >= 11 is 5.90. The Bertz CT molecular complexity index is 577. The molecular formula is C19H30ClIN4O. The highest BCUT2D eigenvalue weighted by molar-refractivity contribution is 14.0. The Kier molecular flexibility index (Phi) is 8.93. The summed E-state index contributed by atoms with van der Waals surface area (Å²) in [5.41, 5.74) is 0.862. The number of aliphatic imine (C=N–C) groups is 1. The molecule has 2 aliphatic rings. The lowest BCUT2D eigenvalue weighted by molar-refractivity contribution is 0.179. The minimum atomic E-state index is -0.572. The molecule has 0 aromatic heterocycles. The second-order valence-electron chi connectivity index (χ2n) is 7.10. The van der Waals surface area contributed by atoms with Crippen molar-refractivity contribution >= 4 is 41.5 Å². The Morgan fingerprint density at radius 2 is 1.96 bits per heavy atom. The molecule has 2 atom stereocenters. The number of guanidine groups is 1. The van der Waals surface area contributed by atoms with E-state index in [-0.39, 0.29) is 24.0 Å². The molecule has 0 radical (unpaired) electrons. The van der Waals surface area contributed by atoms with Crippen LogP contribution in [0.3, 0.4) is 0 Å². The van der Waals surface area contributed by atoms with Crippen LogP contribution in [-0.4, -0.2) is 67.2 Å². The van der Waals surface area contributed by atoms with E-state index in [1.807, 2.05) is 19.2 Å². The van der Waals surface area contributed by atoms with Gasteiger partial charge in [0.1, 0.15) is 0 Å². The zero-order chi connectivity index (χ0) is 17.6. The van der Waals surface area contributed by atoms with E-state index in [4.69, 9.17) is 11.6 Å². The van der Waals surface area contributed by atoms with Crippen molar-refractivity contribution < 1.29 is 5.11 Å². The molecule has 26 heavy (non-hydrogen) atoms. The highest BCUT2D eigenvalue weighted by atomic mass is 127. The molecule has 0 amide bonds. The summed E-state index contributed by atoms with van der Waals surface area (Å²) in [5.74, 6) is 1.61. The maximum absolute atomic E-state index is 10.4. The van der Waals surface area contributed by atoms with E-state index in [1.165, 1.54) is 38.9 Å². The topological polar surface area (TPSA) is 51.1 Å². The molecule has 146 valence electrons. The third kappa shape index (κ3) is 5.97. The lowest BCUT2D eigenvalue weighted by Crippen LogP contribution is -2.42. The Balaban J connectivity index is 0.00000243. The number of halogens is 2. The van der Waals surface area contributed by atoms with Gasteiger partial charge >= 0.3 is 0 Å². The minimum absolute atomic E-state index is 0. The standard InChI is InChI=1S/C19H29ClN4O.HI/c1-21-19(22-12-18(25)16-4-6-17(20)7-5-16)24-11-8-15(14-24)13-23-9-2-3-10-23;/h4-7,15,18,25H,2-3,8-14H2,1H3,(H,21,22);1H. The van der Waals surface area contributed by atoms with Crippen LogP contribution in [0.15, 0.2) is 29.3 Å². The van der Waals surface area contributed by atoms with Gasteiger partial charge in [0.15, 0.2) is 5.96 Å². The normalized spacial score (nSPS) is 22.3. The van der Waals surface area contributed by atoms with Gasteiger partial charge < -0.3 is 20.2 Å². The van der Waals surface area contributed by atoms with E-state index in [0.29, 0.717) is 11.6 Å². The molecule has 1 aromatic rings. The zero-order valence-corrected chi connectivity index (χ0v) is 18.5. The third-order valence-corrected chi connectivity index (χ3v) is 5.47. The summed E-state index contributed by atoms with van der Waals surface area (Å²) in [4.78, 5) is 9.31. The molecule has 7 heteroatoms. The van der Waals surface area contributed by atoms with Gasteiger partial charge in [-0.2, -0.15) is 0 Å². The first-order chi connectivity index (χ1) is 12.2. The van der Waals surface area contributed by atoms with Crippen molar-refractivity contribution in [3.63, 3.8) is 0 Å². The van der Waals surface area contributed by atoms with Crippen LogP contribution in [0.1, 0.15) is 30.9 Å². The summed E-state index contributed by atoms with van der Waals surface area (Å²) in [7, 11) is 1.81. The van der Waals surface area contributed by atoms with Crippen molar-refractivity contribution in [2.75, 3.05) is 46.3 Å². The molecule has 0 spiro atoms. The number of benzene rings is 1. The van der Waals surface area contributed by atoms with E-state index in [9.17, 15) is 5.11 Å². The molecule has 2 N–H and O–H groups in total. The number of hydrogen-bond acceptors (Lipinski definition) is 3. The highest BCUT2D eigenvalue weighted by Crippen LogP contribution is 2.20. The van der Waals surface area contributed by atoms with Crippen LogP contribution in [0.5, 0.6) is 0 Å². The van der Waals surface area contributed by atoms with Crippen LogP contribution in [0.2, 0.25) is 5.02 Å². The largest absolute Gasteiger partial charge is 0.387 e. The van der Waals surface area contributed by atoms with Gasteiger partial charge in [0.05, 0.1) is 6.10 Å². The average molecular weight is 493 g/mol. The van der Waals surface area contributed by atoms with Gasteiger partial charge in [0.25, 0.3) is 0 Å². The van der Waals surface area contributed by atoms with Crippen LogP contribution in [0, 0.1) is 5.92 Å². The lowest BCUT2D eigenvalue weighted by atomic mass is 10.1. The SMILES string of the molecule is CN=C(NCC(O)c1ccc(Cl)cc1)N1CCC(CN2CCCC2)C1.I. The summed E-state index contributed by atoms with van der Waals surface area (Å²) in [6.07, 6.45) is 3.35. The summed E-state index contributed by atoms with van der Waals surface area (Å²) in [6, 6.07) is 7.33. The van der Waals surface area contributed by atoms with E-state index >= 15 is 0 Å². The molecule has 2 aliphatic heterocycles. The van der Waals surface area contributed by atoms with Crippen LogP contribution >= 0.6 is 35.6 Å². The van der Waals surface area contributed by atoms with Crippen LogP contribution in [0.25, 0.3) is 0 Å². The second-order valence-corrected chi connectivity index (χ2v) is 7.54. The molecule has 0 bridgehead atoms. The summed E-state index contributed by atoms with van der Waals surface area (Å²) in [6.45, 7) is 6.26. The second kappa shape index (κ2) is 10.7.